The molecule has 2 aromatic rings. The summed E-state index contributed by atoms with van der Waals surface area (Å²) in [5.41, 5.74) is 0.450. The van der Waals surface area contributed by atoms with Gasteiger partial charge in [-0.1, -0.05) is 20.8 Å². The first kappa shape index (κ1) is 14.4. The van der Waals surface area contributed by atoms with Gasteiger partial charge in [0.1, 0.15) is 5.75 Å². The van der Waals surface area contributed by atoms with Gasteiger partial charge in [-0.05, 0) is 35.6 Å². The fourth-order valence-corrected chi connectivity index (χ4v) is 1.78. The summed E-state index contributed by atoms with van der Waals surface area (Å²) in [6, 6.07) is 3.44. The van der Waals surface area contributed by atoms with Gasteiger partial charge in [-0.15, -0.1) is 0 Å². The maximum absolute atomic E-state index is 13.5. The van der Waals surface area contributed by atoms with Crippen molar-refractivity contribution in [2.75, 3.05) is 0 Å². The molecule has 0 aliphatic heterocycles. The molecule has 2 rings (SSSR count). The van der Waals surface area contributed by atoms with Gasteiger partial charge in [-0.2, -0.15) is 0 Å². The van der Waals surface area contributed by atoms with Gasteiger partial charge in [0.25, 0.3) is 0 Å². The van der Waals surface area contributed by atoms with E-state index in [0.717, 1.165) is 6.07 Å². The normalized spacial score (nSPS) is 10.1. The lowest BCUT2D eigenvalue weighted by atomic mass is 10.0. The lowest BCUT2D eigenvalue weighted by Gasteiger charge is -2.08. The third kappa shape index (κ3) is 2.42. The highest BCUT2D eigenvalue weighted by atomic mass is 19.2. The summed E-state index contributed by atoms with van der Waals surface area (Å²) in [6.07, 6.45) is 0.424. The second kappa shape index (κ2) is 5.76. The maximum Gasteiger partial charge on any atom is 0.195 e. The first-order valence-electron chi connectivity index (χ1n) is 5.83. The number of aromatic hydroxyl groups is 1. The van der Waals surface area contributed by atoms with E-state index in [4.69, 9.17) is 0 Å². The Morgan fingerprint density at radius 2 is 1.61 bits per heavy atom. The molecule has 0 spiro atoms. The van der Waals surface area contributed by atoms with E-state index in [1.54, 1.807) is 6.92 Å². The molecular formula is C14H15F3O. The summed E-state index contributed by atoms with van der Waals surface area (Å²) in [7, 11) is 0. The van der Waals surface area contributed by atoms with E-state index in [2.05, 4.69) is 0 Å². The van der Waals surface area contributed by atoms with Crippen molar-refractivity contribution in [3.8, 4) is 5.75 Å². The second-order valence-corrected chi connectivity index (χ2v) is 3.54. The van der Waals surface area contributed by atoms with E-state index < -0.39 is 17.5 Å². The Kier molecular flexibility index (Phi) is 4.59. The van der Waals surface area contributed by atoms with E-state index in [-0.39, 0.29) is 16.5 Å². The topological polar surface area (TPSA) is 20.2 Å². The van der Waals surface area contributed by atoms with Gasteiger partial charge in [0, 0.05) is 5.39 Å². The third-order valence-electron chi connectivity index (χ3n) is 2.52. The van der Waals surface area contributed by atoms with E-state index in [1.807, 2.05) is 13.8 Å². The molecule has 0 aliphatic rings. The molecule has 0 saturated carbocycles. The fourth-order valence-electron chi connectivity index (χ4n) is 1.78. The highest BCUT2D eigenvalue weighted by Crippen LogP contribution is 2.30. The number of fused-ring (bicyclic) bond motifs is 1. The Bertz CT molecular complexity index is 565. The van der Waals surface area contributed by atoms with Crippen molar-refractivity contribution in [2.45, 2.75) is 27.2 Å². The molecule has 0 bridgehead atoms. The Balaban J connectivity index is 0.000000771. The van der Waals surface area contributed by atoms with E-state index >= 15 is 0 Å². The molecule has 1 nitrogen and oxygen atoms in total. The quantitative estimate of drug-likeness (QED) is 0.742. The molecule has 0 radical (unpaired) electrons. The minimum absolute atomic E-state index is 0.0270. The average Bonchev–Trinajstić information content (AvgIpc) is 2.37. The molecule has 98 valence electrons. The summed E-state index contributed by atoms with van der Waals surface area (Å²) in [6.45, 7) is 5.74. The number of hydrogen-bond donors (Lipinski definition) is 1. The highest BCUT2D eigenvalue weighted by Gasteiger charge is 2.16. The predicted octanol–water partition coefficient (Wildman–Crippen LogP) is 4.55. The van der Waals surface area contributed by atoms with Gasteiger partial charge in [0.2, 0.25) is 0 Å². The minimum Gasteiger partial charge on any atom is -0.508 e. The monoisotopic (exact) mass is 256 g/mol. The maximum atomic E-state index is 13.5. The van der Waals surface area contributed by atoms with Gasteiger partial charge < -0.3 is 5.11 Å². The second-order valence-electron chi connectivity index (χ2n) is 3.54. The molecule has 0 fully saturated rings. The Hall–Kier alpha value is -1.71. The molecule has 0 heterocycles. The summed E-state index contributed by atoms with van der Waals surface area (Å²) >= 11 is 0. The molecule has 4 heteroatoms. The number of benzene rings is 2. The summed E-state index contributed by atoms with van der Waals surface area (Å²) < 4.78 is 39.6. The van der Waals surface area contributed by atoms with Crippen LogP contribution >= 0.6 is 0 Å². The molecule has 0 amide bonds. The van der Waals surface area contributed by atoms with Gasteiger partial charge >= 0.3 is 0 Å². The predicted molar refractivity (Wildman–Crippen MR) is 66.2 cm³/mol. The smallest absolute Gasteiger partial charge is 0.195 e. The number of halogens is 3. The van der Waals surface area contributed by atoms with Gasteiger partial charge in [-0.3, -0.25) is 0 Å². The van der Waals surface area contributed by atoms with E-state index in [1.165, 1.54) is 12.1 Å². The largest absolute Gasteiger partial charge is 0.508 e. The third-order valence-corrected chi connectivity index (χ3v) is 2.52. The van der Waals surface area contributed by atoms with Crippen LogP contribution in [0.15, 0.2) is 18.2 Å². The average molecular weight is 256 g/mol. The number of aryl methyl sites for hydroxylation is 1. The van der Waals surface area contributed by atoms with Crippen LogP contribution in [-0.4, -0.2) is 5.11 Å². The van der Waals surface area contributed by atoms with Crippen LogP contribution in [0.4, 0.5) is 13.2 Å². The zero-order valence-corrected chi connectivity index (χ0v) is 10.5. The summed E-state index contributed by atoms with van der Waals surface area (Å²) in [5, 5.41) is 9.54. The van der Waals surface area contributed by atoms with Crippen LogP contribution in [0.1, 0.15) is 26.3 Å². The van der Waals surface area contributed by atoms with Crippen molar-refractivity contribution in [2.24, 2.45) is 0 Å². The van der Waals surface area contributed by atoms with Crippen molar-refractivity contribution in [1.29, 1.82) is 0 Å². The molecule has 0 unspecified atom stereocenters. The number of rotatable bonds is 1. The molecule has 1 N–H and O–H groups in total. The van der Waals surface area contributed by atoms with Crippen molar-refractivity contribution in [3.05, 3.63) is 41.2 Å². The number of hydrogen-bond acceptors (Lipinski definition) is 1. The van der Waals surface area contributed by atoms with E-state index in [0.29, 0.717) is 12.0 Å². The molecule has 18 heavy (non-hydrogen) atoms. The van der Waals surface area contributed by atoms with Crippen LogP contribution in [0.2, 0.25) is 0 Å². The van der Waals surface area contributed by atoms with Crippen LogP contribution in [0.3, 0.4) is 0 Å². The van der Waals surface area contributed by atoms with Crippen LogP contribution in [0, 0.1) is 17.5 Å². The summed E-state index contributed by atoms with van der Waals surface area (Å²) in [4.78, 5) is 0. The minimum atomic E-state index is -1.48. The highest BCUT2D eigenvalue weighted by molar-refractivity contribution is 5.88. The van der Waals surface area contributed by atoms with E-state index in [9.17, 15) is 18.3 Å². The number of phenols is 1. The lowest BCUT2D eigenvalue weighted by molar-refractivity contribution is 0.452. The number of phenolic OH excluding ortho intramolecular Hbond substituents is 1. The van der Waals surface area contributed by atoms with Gasteiger partial charge in [0.15, 0.2) is 17.5 Å². The van der Waals surface area contributed by atoms with Crippen LogP contribution in [-0.2, 0) is 6.42 Å². The van der Waals surface area contributed by atoms with Crippen molar-refractivity contribution in [1.82, 2.24) is 0 Å². The molecule has 0 atom stereocenters. The Morgan fingerprint density at radius 3 is 2.17 bits per heavy atom. The zero-order chi connectivity index (χ0) is 13.9. The standard InChI is InChI=1S/C12H9F3O.C2H6/c1-2-6-3-8(16)4-7-5-9(13)11(14)12(15)10(6)7;1-2/h3-5,16H,2H2,1H3;1-2H3. The fraction of sp³-hybridized carbons (Fsp3) is 0.286. The molecule has 0 saturated heterocycles. The van der Waals surface area contributed by atoms with Gasteiger partial charge in [-0.25, -0.2) is 13.2 Å². The van der Waals surface area contributed by atoms with Crippen LogP contribution in [0.5, 0.6) is 5.75 Å². The first-order chi connectivity index (χ1) is 8.54. The van der Waals surface area contributed by atoms with Crippen molar-refractivity contribution in [3.63, 3.8) is 0 Å². The van der Waals surface area contributed by atoms with Crippen LogP contribution in [0.25, 0.3) is 10.8 Å². The summed E-state index contributed by atoms with van der Waals surface area (Å²) in [5.74, 6) is -4.02. The SMILES string of the molecule is CC.CCc1cc(O)cc2cc(F)c(F)c(F)c12. The molecule has 2 aromatic carbocycles. The lowest BCUT2D eigenvalue weighted by Crippen LogP contribution is -1.95. The first-order valence-corrected chi connectivity index (χ1v) is 5.83. The molecular weight excluding hydrogens is 241 g/mol. The Labute approximate surface area is 104 Å². The molecule has 0 aliphatic carbocycles. The van der Waals surface area contributed by atoms with Gasteiger partial charge in [0.05, 0.1) is 0 Å². The van der Waals surface area contributed by atoms with Crippen LogP contribution < -0.4 is 0 Å². The Morgan fingerprint density at radius 1 is 1.00 bits per heavy atom. The zero-order valence-electron chi connectivity index (χ0n) is 10.5. The molecule has 0 aromatic heterocycles. The van der Waals surface area contributed by atoms with Crippen molar-refractivity contribution >= 4 is 10.8 Å². The van der Waals surface area contributed by atoms with Crippen molar-refractivity contribution < 1.29 is 18.3 Å².